The number of benzene rings is 1. The molecule has 0 saturated heterocycles. The summed E-state index contributed by atoms with van der Waals surface area (Å²) in [6.07, 6.45) is 2.75. The Labute approximate surface area is 147 Å². The van der Waals surface area contributed by atoms with Gasteiger partial charge in [-0.1, -0.05) is 32.0 Å². The van der Waals surface area contributed by atoms with E-state index in [0.717, 1.165) is 11.3 Å². The van der Waals surface area contributed by atoms with Gasteiger partial charge >= 0.3 is 0 Å². The Kier molecular flexibility index (Phi) is 5.85. The third-order valence-electron chi connectivity index (χ3n) is 4.06. The first-order valence-corrected chi connectivity index (χ1v) is 8.09. The summed E-state index contributed by atoms with van der Waals surface area (Å²) >= 11 is 0. The molecule has 2 amide bonds. The Balaban J connectivity index is 1.95. The molecule has 0 unspecified atom stereocenters. The zero-order valence-electron chi connectivity index (χ0n) is 15.0. The van der Waals surface area contributed by atoms with E-state index in [1.807, 2.05) is 38.1 Å². The molecule has 2 N–H and O–H groups in total. The maximum Gasteiger partial charge on any atom is 0.255 e. The minimum atomic E-state index is -0.657. The third-order valence-corrected chi connectivity index (χ3v) is 4.06. The lowest BCUT2D eigenvalue weighted by molar-refractivity contribution is -0.122. The van der Waals surface area contributed by atoms with Crippen LogP contribution in [0, 0.1) is 0 Å². The highest BCUT2D eigenvalue weighted by Gasteiger charge is 2.26. The summed E-state index contributed by atoms with van der Waals surface area (Å²) in [5.41, 5.74) is 1.07. The van der Waals surface area contributed by atoms with Crippen LogP contribution in [0.4, 0.5) is 0 Å². The Morgan fingerprint density at radius 2 is 1.96 bits per heavy atom. The van der Waals surface area contributed by atoms with Crippen LogP contribution in [0.3, 0.4) is 0 Å². The van der Waals surface area contributed by atoms with Crippen LogP contribution >= 0.6 is 0 Å². The molecule has 0 aliphatic rings. The molecule has 0 saturated carbocycles. The van der Waals surface area contributed by atoms with Crippen molar-refractivity contribution in [1.29, 1.82) is 0 Å². The van der Waals surface area contributed by atoms with Gasteiger partial charge in [-0.3, -0.25) is 9.59 Å². The summed E-state index contributed by atoms with van der Waals surface area (Å²) in [5.74, 6) is 0.184. The molecule has 0 radical (unpaired) electrons. The number of ether oxygens (including phenoxy) is 1. The molecule has 1 aromatic carbocycles. The van der Waals surface area contributed by atoms with E-state index in [1.54, 1.807) is 20.1 Å². The Morgan fingerprint density at radius 3 is 2.60 bits per heavy atom. The van der Waals surface area contributed by atoms with Crippen LogP contribution in [0.15, 0.2) is 47.3 Å². The zero-order valence-corrected chi connectivity index (χ0v) is 15.0. The number of hydrogen-bond donors (Lipinski definition) is 2. The molecule has 134 valence electrons. The monoisotopic (exact) mass is 344 g/mol. The second-order valence-electron chi connectivity index (χ2n) is 6.51. The number of carbonyl (C=O) groups excluding carboxylic acids is 2. The van der Waals surface area contributed by atoms with E-state index in [2.05, 4.69) is 10.6 Å². The lowest BCUT2D eigenvalue weighted by atomic mass is 9.84. The highest BCUT2D eigenvalue weighted by molar-refractivity contribution is 5.97. The first-order valence-electron chi connectivity index (χ1n) is 8.09. The fourth-order valence-electron chi connectivity index (χ4n) is 2.50. The standard InChI is InChI=1S/C19H24N2O4/c1-13(21-18(23)14-9-10-25-11-14)17(22)20-12-19(2,3)15-7-5-6-8-16(15)24-4/h5-11,13H,12H2,1-4H3,(H,20,22)(H,21,23)/t13-/m0/s1. The average Bonchev–Trinajstić information content (AvgIpc) is 3.14. The van der Waals surface area contributed by atoms with Crippen molar-refractivity contribution >= 4 is 11.8 Å². The van der Waals surface area contributed by atoms with Crippen molar-refractivity contribution in [2.45, 2.75) is 32.2 Å². The van der Waals surface area contributed by atoms with Crippen molar-refractivity contribution in [1.82, 2.24) is 10.6 Å². The van der Waals surface area contributed by atoms with Crippen molar-refractivity contribution in [3.8, 4) is 5.75 Å². The normalized spacial score (nSPS) is 12.3. The zero-order chi connectivity index (χ0) is 18.4. The number of furan rings is 1. The van der Waals surface area contributed by atoms with E-state index >= 15 is 0 Å². The summed E-state index contributed by atoms with van der Waals surface area (Å²) < 4.78 is 10.3. The predicted molar refractivity (Wildman–Crippen MR) is 94.7 cm³/mol. The predicted octanol–water partition coefficient (Wildman–Crippen LogP) is 2.50. The minimum Gasteiger partial charge on any atom is -0.496 e. The maximum atomic E-state index is 12.3. The van der Waals surface area contributed by atoms with Gasteiger partial charge in [0.25, 0.3) is 5.91 Å². The second-order valence-corrected chi connectivity index (χ2v) is 6.51. The van der Waals surface area contributed by atoms with E-state index in [4.69, 9.17) is 9.15 Å². The molecule has 2 aromatic rings. The summed E-state index contributed by atoms with van der Waals surface area (Å²) in [5, 5.41) is 5.54. The Hall–Kier alpha value is -2.76. The average molecular weight is 344 g/mol. The smallest absolute Gasteiger partial charge is 0.255 e. The highest BCUT2D eigenvalue weighted by Crippen LogP contribution is 2.30. The maximum absolute atomic E-state index is 12.3. The first kappa shape index (κ1) is 18.6. The largest absolute Gasteiger partial charge is 0.496 e. The third kappa shape index (κ3) is 4.62. The Morgan fingerprint density at radius 1 is 1.24 bits per heavy atom. The molecule has 0 aliphatic carbocycles. The van der Waals surface area contributed by atoms with Gasteiger partial charge in [-0.05, 0) is 19.1 Å². The molecular formula is C19H24N2O4. The van der Waals surface area contributed by atoms with Crippen LogP contribution < -0.4 is 15.4 Å². The molecule has 6 heteroatoms. The van der Waals surface area contributed by atoms with Gasteiger partial charge in [0, 0.05) is 17.5 Å². The summed E-state index contributed by atoms with van der Waals surface area (Å²) in [4.78, 5) is 24.3. The molecule has 2 rings (SSSR count). The van der Waals surface area contributed by atoms with Crippen molar-refractivity contribution < 1.29 is 18.7 Å². The number of para-hydroxylation sites is 1. The van der Waals surface area contributed by atoms with Gasteiger partial charge in [-0.25, -0.2) is 0 Å². The van der Waals surface area contributed by atoms with Crippen molar-refractivity contribution in [2.75, 3.05) is 13.7 Å². The molecular weight excluding hydrogens is 320 g/mol. The van der Waals surface area contributed by atoms with Gasteiger partial charge < -0.3 is 19.8 Å². The van der Waals surface area contributed by atoms with Crippen LogP contribution in [0.5, 0.6) is 5.75 Å². The molecule has 6 nitrogen and oxygen atoms in total. The summed E-state index contributed by atoms with van der Waals surface area (Å²) in [6, 6.07) is 8.61. The summed E-state index contributed by atoms with van der Waals surface area (Å²) in [7, 11) is 1.63. The SMILES string of the molecule is COc1ccccc1C(C)(C)CNC(=O)[C@H](C)NC(=O)c1ccoc1. The van der Waals surface area contributed by atoms with Gasteiger partial charge in [0.2, 0.25) is 5.91 Å². The topological polar surface area (TPSA) is 80.6 Å². The fourth-order valence-corrected chi connectivity index (χ4v) is 2.50. The van der Waals surface area contributed by atoms with Crippen LogP contribution in [0.2, 0.25) is 0 Å². The fraction of sp³-hybridized carbons (Fsp3) is 0.368. The van der Waals surface area contributed by atoms with E-state index < -0.39 is 6.04 Å². The molecule has 0 spiro atoms. The van der Waals surface area contributed by atoms with Gasteiger partial charge in [-0.2, -0.15) is 0 Å². The van der Waals surface area contributed by atoms with Crippen LogP contribution in [0.25, 0.3) is 0 Å². The van der Waals surface area contributed by atoms with Crippen molar-refractivity contribution in [3.05, 3.63) is 54.0 Å². The highest BCUT2D eigenvalue weighted by atomic mass is 16.5. The molecule has 25 heavy (non-hydrogen) atoms. The van der Waals surface area contributed by atoms with Gasteiger partial charge in [0.05, 0.1) is 18.9 Å². The number of carbonyl (C=O) groups is 2. The molecule has 0 fully saturated rings. The van der Waals surface area contributed by atoms with Gasteiger partial charge in [0.1, 0.15) is 18.1 Å². The summed E-state index contributed by atoms with van der Waals surface area (Å²) in [6.45, 7) is 6.11. The molecule has 1 aromatic heterocycles. The quantitative estimate of drug-likeness (QED) is 0.809. The molecule has 1 atom stereocenters. The number of rotatable bonds is 7. The van der Waals surface area contributed by atoms with Crippen LogP contribution in [-0.2, 0) is 10.2 Å². The first-order chi connectivity index (χ1) is 11.8. The number of methoxy groups -OCH3 is 1. The number of amides is 2. The molecule has 0 bridgehead atoms. The lowest BCUT2D eigenvalue weighted by Gasteiger charge is -2.28. The van der Waals surface area contributed by atoms with Gasteiger partial charge in [-0.15, -0.1) is 0 Å². The second kappa shape index (κ2) is 7.88. The molecule has 0 aliphatic heterocycles. The van der Waals surface area contributed by atoms with E-state index in [-0.39, 0.29) is 17.2 Å². The number of nitrogens with one attached hydrogen (secondary N) is 2. The van der Waals surface area contributed by atoms with E-state index in [9.17, 15) is 9.59 Å². The van der Waals surface area contributed by atoms with E-state index in [1.165, 1.54) is 12.5 Å². The minimum absolute atomic E-state index is 0.250. The van der Waals surface area contributed by atoms with Crippen LogP contribution in [0.1, 0.15) is 36.7 Å². The van der Waals surface area contributed by atoms with Crippen molar-refractivity contribution in [2.24, 2.45) is 0 Å². The van der Waals surface area contributed by atoms with Gasteiger partial charge in [0.15, 0.2) is 0 Å². The molecule has 1 heterocycles. The number of hydrogen-bond acceptors (Lipinski definition) is 4. The van der Waals surface area contributed by atoms with E-state index in [0.29, 0.717) is 12.1 Å². The van der Waals surface area contributed by atoms with Crippen LogP contribution in [-0.4, -0.2) is 31.5 Å². The Bertz CT molecular complexity index is 723. The van der Waals surface area contributed by atoms with Crippen molar-refractivity contribution in [3.63, 3.8) is 0 Å². The lowest BCUT2D eigenvalue weighted by Crippen LogP contribution is -2.47.